The van der Waals surface area contributed by atoms with E-state index in [2.05, 4.69) is 21.2 Å². The standard InChI is InChI=1S/C13H10BrFN2S/c14-11-3-4-18-13(11)8-17-7-10-2-1-9(6-16)5-12(10)15/h1-5,17H,7-8H2. The van der Waals surface area contributed by atoms with Gasteiger partial charge in [0.2, 0.25) is 0 Å². The minimum atomic E-state index is -0.341. The maximum absolute atomic E-state index is 13.6. The van der Waals surface area contributed by atoms with Crippen LogP contribution in [0.3, 0.4) is 0 Å². The second-order valence-corrected chi connectivity index (χ2v) is 5.57. The topological polar surface area (TPSA) is 35.8 Å². The van der Waals surface area contributed by atoms with Crippen LogP contribution in [0.25, 0.3) is 0 Å². The smallest absolute Gasteiger partial charge is 0.129 e. The molecule has 92 valence electrons. The van der Waals surface area contributed by atoms with Crippen LogP contribution in [0.5, 0.6) is 0 Å². The first-order chi connectivity index (χ1) is 8.70. The van der Waals surface area contributed by atoms with Gasteiger partial charge < -0.3 is 5.32 Å². The van der Waals surface area contributed by atoms with Crippen molar-refractivity contribution in [1.82, 2.24) is 5.32 Å². The van der Waals surface area contributed by atoms with E-state index in [0.29, 0.717) is 24.2 Å². The van der Waals surface area contributed by atoms with Crippen LogP contribution in [-0.4, -0.2) is 0 Å². The van der Waals surface area contributed by atoms with Gasteiger partial charge in [0.05, 0.1) is 11.6 Å². The summed E-state index contributed by atoms with van der Waals surface area (Å²) in [5, 5.41) is 13.8. The molecule has 2 nitrogen and oxygen atoms in total. The zero-order chi connectivity index (χ0) is 13.0. The van der Waals surface area contributed by atoms with Gasteiger partial charge in [-0.05, 0) is 39.5 Å². The van der Waals surface area contributed by atoms with Crippen LogP contribution in [0.4, 0.5) is 4.39 Å². The third-order valence-electron chi connectivity index (χ3n) is 2.47. The van der Waals surface area contributed by atoms with Gasteiger partial charge in [0.25, 0.3) is 0 Å². The van der Waals surface area contributed by atoms with Gasteiger partial charge in [-0.3, -0.25) is 0 Å². The first-order valence-corrected chi connectivity index (χ1v) is 6.99. The lowest BCUT2D eigenvalue weighted by Gasteiger charge is -2.05. The van der Waals surface area contributed by atoms with E-state index < -0.39 is 0 Å². The molecule has 1 aromatic carbocycles. The van der Waals surface area contributed by atoms with Crippen molar-refractivity contribution >= 4 is 27.3 Å². The monoisotopic (exact) mass is 324 g/mol. The van der Waals surface area contributed by atoms with Gasteiger partial charge in [0, 0.05) is 28.0 Å². The van der Waals surface area contributed by atoms with Gasteiger partial charge in [-0.1, -0.05) is 6.07 Å². The zero-order valence-corrected chi connectivity index (χ0v) is 11.8. The molecule has 0 bridgehead atoms. The first kappa shape index (κ1) is 13.2. The second kappa shape index (κ2) is 6.10. The molecule has 2 rings (SSSR count). The summed E-state index contributed by atoms with van der Waals surface area (Å²) in [6.07, 6.45) is 0. The SMILES string of the molecule is N#Cc1ccc(CNCc2sccc2Br)c(F)c1. The van der Waals surface area contributed by atoms with E-state index in [0.717, 1.165) is 4.47 Å². The summed E-state index contributed by atoms with van der Waals surface area (Å²) in [5.74, 6) is -0.341. The fraction of sp³-hybridized carbons (Fsp3) is 0.154. The number of rotatable bonds is 4. The molecule has 0 unspecified atom stereocenters. The molecule has 0 aliphatic heterocycles. The number of hydrogen-bond acceptors (Lipinski definition) is 3. The highest BCUT2D eigenvalue weighted by Crippen LogP contribution is 2.22. The summed E-state index contributed by atoms with van der Waals surface area (Å²) in [5.41, 5.74) is 0.916. The molecule has 1 heterocycles. The first-order valence-electron chi connectivity index (χ1n) is 5.32. The number of nitrogens with zero attached hydrogens (tertiary/aromatic N) is 1. The summed E-state index contributed by atoms with van der Waals surface area (Å²) in [7, 11) is 0. The molecule has 0 saturated heterocycles. The predicted molar refractivity (Wildman–Crippen MR) is 73.7 cm³/mol. The lowest BCUT2D eigenvalue weighted by atomic mass is 10.1. The van der Waals surface area contributed by atoms with Crippen LogP contribution in [0, 0.1) is 17.1 Å². The molecule has 1 aromatic heterocycles. The average molecular weight is 325 g/mol. The Morgan fingerprint density at radius 1 is 1.33 bits per heavy atom. The van der Waals surface area contributed by atoms with Crippen molar-refractivity contribution < 1.29 is 4.39 Å². The van der Waals surface area contributed by atoms with Gasteiger partial charge >= 0.3 is 0 Å². The molecular weight excluding hydrogens is 315 g/mol. The molecule has 5 heteroatoms. The fourth-order valence-electron chi connectivity index (χ4n) is 1.52. The number of benzene rings is 1. The van der Waals surface area contributed by atoms with Crippen molar-refractivity contribution in [1.29, 1.82) is 5.26 Å². The van der Waals surface area contributed by atoms with E-state index in [1.54, 1.807) is 23.5 Å². The van der Waals surface area contributed by atoms with Crippen molar-refractivity contribution in [3.63, 3.8) is 0 Å². The molecule has 0 amide bonds. The summed E-state index contributed by atoms with van der Waals surface area (Å²) >= 11 is 5.10. The predicted octanol–water partition coefficient (Wildman–Crippen LogP) is 3.81. The Balaban J connectivity index is 1.95. The van der Waals surface area contributed by atoms with Gasteiger partial charge in [-0.15, -0.1) is 11.3 Å². The molecule has 18 heavy (non-hydrogen) atoms. The number of nitrogens with one attached hydrogen (secondary N) is 1. The summed E-state index contributed by atoms with van der Waals surface area (Å²) < 4.78 is 14.7. The van der Waals surface area contributed by atoms with Crippen LogP contribution in [-0.2, 0) is 13.1 Å². The Morgan fingerprint density at radius 2 is 2.17 bits per heavy atom. The van der Waals surface area contributed by atoms with Crippen LogP contribution >= 0.6 is 27.3 Å². The number of hydrogen-bond donors (Lipinski definition) is 1. The number of halogens is 2. The third kappa shape index (κ3) is 3.16. The van der Waals surface area contributed by atoms with E-state index in [4.69, 9.17) is 5.26 Å². The van der Waals surface area contributed by atoms with Gasteiger partial charge in [-0.25, -0.2) is 4.39 Å². The van der Waals surface area contributed by atoms with Crippen LogP contribution in [0.1, 0.15) is 16.0 Å². The van der Waals surface area contributed by atoms with Crippen LogP contribution in [0.2, 0.25) is 0 Å². The minimum Gasteiger partial charge on any atom is -0.308 e. The Labute approximate surface area is 117 Å². The van der Waals surface area contributed by atoms with Gasteiger partial charge in [0.15, 0.2) is 0 Å². The van der Waals surface area contributed by atoms with Crippen molar-refractivity contribution in [3.8, 4) is 6.07 Å². The summed E-state index contributed by atoms with van der Waals surface area (Å²) in [6.45, 7) is 1.14. The van der Waals surface area contributed by atoms with Gasteiger partial charge in [-0.2, -0.15) is 5.26 Å². The minimum absolute atomic E-state index is 0.341. The molecule has 0 aliphatic rings. The maximum atomic E-state index is 13.6. The quantitative estimate of drug-likeness (QED) is 0.928. The largest absolute Gasteiger partial charge is 0.308 e. The third-order valence-corrected chi connectivity index (χ3v) is 4.40. The van der Waals surface area contributed by atoms with E-state index in [-0.39, 0.29) is 5.82 Å². The Bertz CT molecular complexity index is 589. The molecule has 2 aromatic rings. The molecule has 1 N–H and O–H groups in total. The Kier molecular flexibility index (Phi) is 4.48. The van der Waals surface area contributed by atoms with E-state index in [1.165, 1.54) is 10.9 Å². The molecular formula is C13H10BrFN2S. The lowest BCUT2D eigenvalue weighted by Crippen LogP contribution is -2.13. The molecule has 0 radical (unpaired) electrons. The molecule has 0 saturated carbocycles. The van der Waals surface area contributed by atoms with E-state index in [1.807, 2.05) is 17.5 Å². The summed E-state index contributed by atoms with van der Waals surface area (Å²) in [4.78, 5) is 1.18. The molecule has 0 aliphatic carbocycles. The molecule has 0 atom stereocenters. The normalized spacial score (nSPS) is 10.3. The fourth-order valence-corrected chi connectivity index (χ4v) is 2.98. The van der Waals surface area contributed by atoms with Crippen molar-refractivity contribution in [2.24, 2.45) is 0 Å². The van der Waals surface area contributed by atoms with Crippen LogP contribution < -0.4 is 5.32 Å². The zero-order valence-electron chi connectivity index (χ0n) is 9.41. The van der Waals surface area contributed by atoms with Crippen molar-refractivity contribution in [2.75, 3.05) is 0 Å². The van der Waals surface area contributed by atoms with Crippen molar-refractivity contribution in [2.45, 2.75) is 13.1 Å². The molecule has 0 fully saturated rings. The van der Waals surface area contributed by atoms with E-state index in [9.17, 15) is 4.39 Å². The highest BCUT2D eigenvalue weighted by atomic mass is 79.9. The second-order valence-electron chi connectivity index (χ2n) is 3.71. The van der Waals surface area contributed by atoms with Gasteiger partial charge in [0.1, 0.15) is 5.82 Å². The summed E-state index contributed by atoms with van der Waals surface area (Å²) in [6, 6.07) is 8.44. The average Bonchev–Trinajstić information content (AvgIpc) is 2.77. The lowest BCUT2D eigenvalue weighted by molar-refractivity contribution is 0.588. The van der Waals surface area contributed by atoms with Crippen molar-refractivity contribution in [3.05, 3.63) is 55.9 Å². The van der Waals surface area contributed by atoms with E-state index >= 15 is 0 Å². The maximum Gasteiger partial charge on any atom is 0.129 e. The molecule has 0 spiro atoms. The number of nitriles is 1. The highest BCUT2D eigenvalue weighted by Gasteiger charge is 2.04. The number of thiophene rings is 1. The Hall–Kier alpha value is -1.22. The van der Waals surface area contributed by atoms with Crippen LogP contribution in [0.15, 0.2) is 34.1 Å². The Morgan fingerprint density at radius 3 is 2.78 bits per heavy atom. The highest BCUT2D eigenvalue weighted by molar-refractivity contribution is 9.10.